The first kappa shape index (κ1) is 15.1. The lowest BCUT2D eigenvalue weighted by Gasteiger charge is -2.21. The third kappa shape index (κ3) is 4.11. The highest BCUT2D eigenvalue weighted by atomic mass is 32.1. The predicted octanol–water partition coefficient (Wildman–Crippen LogP) is 3.41. The van der Waals surface area contributed by atoms with E-state index in [0.717, 1.165) is 24.3 Å². The van der Waals surface area contributed by atoms with Crippen LogP contribution in [0.2, 0.25) is 0 Å². The Morgan fingerprint density at radius 1 is 1.36 bits per heavy atom. The second-order valence-corrected chi connectivity index (χ2v) is 6.45. The van der Waals surface area contributed by atoms with Crippen LogP contribution in [-0.4, -0.2) is 21.8 Å². The largest absolute Gasteiger partial charge is 0.302 e. The van der Waals surface area contributed by atoms with Crippen LogP contribution in [0.1, 0.15) is 31.0 Å². The molecule has 1 N–H and O–H groups in total. The smallest absolute Gasteiger partial charge is 0.223 e. The van der Waals surface area contributed by atoms with Crippen LogP contribution in [0.5, 0.6) is 0 Å². The minimum atomic E-state index is -0.207. The summed E-state index contributed by atoms with van der Waals surface area (Å²) in [5.74, 6) is -0.313. The quantitative estimate of drug-likeness (QED) is 0.887. The van der Waals surface area contributed by atoms with Crippen LogP contribution < -0.4 is 5.32 Å². The Labute approximate surface area is 133 Å². The first-order chi connectivity index (χ1) is 10.6. The van der Waals surface area contributed by atoms with E-state index in [1.165, 1.54) is 43.2 Å². The topological polar surface area (TPSA) is 45.2 Å². The Bertz CT molecular complexity index is 652. The molecule has 0 saturated heterocycles. The maximum atomic E-state index is 13.0. The fourth-order valence-electron chi connectivity index (χ4n) is 2.37. The number of nitrogens with zero attached hydrogens (tertiary/aromatic N) is 2. The molecule has 6 heteroatoms. The molecule has 1 saturated carbocycles. The standard InChI is InChI=1S/C16H18FN3OS/c1-11(21)18-16-19-14(10-22-16)9-20(15-6-7-15)8-12-2-4-13(17)5-3-12/h2-5,10,15H,6-9H2,1H3,(H,18,19,21). The molecule has 2 aromatic rings. The molecule has 3 rings (SSSR count). The van der Waals surface area contributed by atoms with E-state index in [1.807, 2.05) is 17.5 Å². The number of rotatable bonds is 6. The van der Waals surface area contributed by atoms with Gasteiger partial charge in [-0.15, -0.1) is 11.3 Å². The molecule has 1 aromatic carbocycles. The van der Waals surface area contributed by atoms with Gasteiger partial charge in [0.1, 0.15) is 5.82 Å². The minimum Gasteiger partial charge on any atom is -0.302 e. The molecule has 0 radical (unpaired) electrons. The molecular weight excluding hydrogens is 301 g/mol. The van der Waals surface area contributed by atoms with Crippen LogP contribution in [0, 0.1) is 5.82 Å². The molecule has 1 aliphatic carbocycles. The van der Waals surface area contributed by atoms with E-state index in [0.29, 0.717) is 11.2 Å². The molecule has 1 aromatic heterocycles. The first-order valence-corrected chi connectivity index (χ1v) is 8.18. The van der Waals surface area contributed by atoms with Crippen molar-refractivity contribution in [3.05, 3.63) is 46.7 Å². The molecule has 4 nitrogen and oxygen atoms in total. The number of anilines is 1. The van der Waals surface area contributed by atoms with E-state index in [1.54, 1.807) is 0 Å². The Morgan fingerprint density at radius 2 is 2.09 bits per heavy atom. The van der Waals surface area contributed by atoms with Gasteiger partial charge in [0.2, 0.25) is 5.91 Å². The lowest BCUT2D eigenvalue weighted by atomic mass is 10.2. The minimum absolute atomic E-state index is 0.105. The number of amides is 1. The number of nitrogens with one attached hydrogen (secondary N) is 1. The number of benzene rings is 1. The number of hydrogen-bond donors (Lipinski definition) is 1. The highest BCUT2D eigenvalue weighted by Gasteiger charge is 2.29. The van der Waals surface area contributed by atoms with Gasteiger partial charge in [0, 0.05) is 31.4 Å². The molecular formula is C16H18FN3OS. The molecule has 1 heterocycles. The summed E-state index contributed by atoms with van der Waals surface area (Å²) in [5, 5.41) is 5.32. The molecule has 116 valence electrons. The van der Waals surface area contributed by atoms with E-state index < -0.39 is 0 Å². The van der Waals surface area contributed by atoms with Crippen molar-refractivity contribution in [3.63, 3.8) is 0 Å². The highest BCUT2D eigenvalue weighted by Crippen LogP contribution is 2.30. The summed E-state index contributed by atoms with van der Waals surface area (Å²) in [4.78, 5) is 17.8. The van der Waals surface area contributed by atoms with Crippen molar-refractivity contribution in [2.24, 2.45) is 0 Å². The van der Waals surface area contributed by atoms with Gasteiger partial charge in [-0.05, 0) is 30.5 Å². The van der Waals surface area contributed by atoms with Gasteiger partial charge in [-0.2, -0.15) is 0 Å². The maximum Gasteiger partial charge on any atom is 0.223 e. The average Bonchev–Trinajstić information content (AvgIpc) is 3.23. The lowest BCUT2D eigenvalue weighted by Crippen LogP contribution is -2.25. The number of carbonyl (C=O) groups is 1. The van der Waals surface area contributed by atoms with E-state index >= 15 is 0 Å². The summed E-state index contributed by atoms with van der Waals surface area (Å²) in [6.45, 7) is 3.02. The molecule has 0 unspecified atom stereocenters. The highest BCUT2D eigenvalue weighted by molar-refractivity contribution is 7.13. The van der Waals surface area contributed by atoms with E-state index in [4.69, 9.17) is 0 Å². The summed E-state index contributed by atoms with van der Waals surface area (Å²) < 4.78 is 13.0. The van der Waals surface area contributed by atoms with Gasteiger partial charge in [0.15, 0.2) is 5.13 Å². The molecule has 0 spiro atoms. The normalized spacial score (nSPS) is 14.3. The Kier molecular flexibility index (Phi) is 4.49. The van der Waals surface area contributed by atoms with Crippen LogP contribution in [0.4, 0.5) is 9.52 Å². The Morgan fingerprint density at radius 3 is 2.73 bits per heavy atom. The van der Waals surface area contributed by atoms with Crippen LogP contribution in [0.25, 0.3) is 0 Å². The summed E-state index contributed by atoms with van der Waals surface area (Å²) in [7, 11) is 0. The number of carbonyl (C=O) groups excluding carboxylic acids is 1. The molecule has 22 heavy (non-hydrogen) atoms. The molecule has 0 atom stereocenters. The first-order valence-electron chi connectivity index (χ1n) is 7.30. The second kappa shape index (κ2) is 6.54. The molecule has 1 amide bonds. The van der Waals surface area contributed by atoms with E-state index in [9.17, 15) is 9.18 Å². The van der Waals surface area contributed by atoms with E-state index in [-0.39, 0.29) is 11.7 Å². The van der Waals surface area contributed by atoms with Gasteiger partial charge >= 0.3 is 0 Å². The van der Waals surface area contributed by atoms with Crippen molar-refractivity contribution < 1.29 is 9.18 Å². The lowest BCUT2D eigenvalue weighted by molar-refractivity contribution is -0.114. The zero-order valence-electron chi connectivity index (χ0n) is 12.4. The van der Waals surface area contributed by atoms with Gasteiger partial charge in [-0.3, -0.25) is 9.69 Å². The molecule has 0 aliphatic heterocycles. The average molecular weight is 319 g/mol. The molecule has 1 aliphatic rings. The van der Waals surface area contributed by atoms with Crippen molar-refractivity contribution in [2.75, 3.05) is 5.32 Å². The predicted molar refractivity (Wildman–Crippen MR) is 85.1 cm³/mol. The summed E-state index contributed by atoms with van der Waals surface area (Å²) in [6, 6.07) is 7.23. The van der Waals surface area contributed by atoms with Crippen molar-refractivity contribution >= 4 is 22.4 Å². The fourth-order valence-corrected chi connectivity index (χ4v) is 3.12. The van der Waals surface area contributed by atoms with Crippen LogP contribution in [0.15, 0.2) is 29.6 Å². The van der Waals surface area contributed by atoms with Crippen LogP contribution in [-0.2, 0) is 17.9 Å². The van der Waals surface area contributed by atoms with Crippen LogP contribution in [0.3, 0.4) is 0 Å². The van der Waals surface area contributed by atoms with Crippen LogP contribution >= 0.6 is 11.3 Å². The number of aromatic nitrogens is 1. The molecule has 1 fully saturated rings. The number of halogens is 1. The van der Waals surface area contributed by atoms with Gasteiger partial charge in [0.25, 0.3) is 0 Å². The third-order valence-corrected chi connectivity index (χ3v) is 4.37. The number of thiazole rings is 1. The SMILES string of the molecule is CC(=O)Nc1nc(CN(Cc2ccc(F)cc2)C2CC2)cs1. The van der Waals surface area contributed by atoms with Crippen molar-refractivity contribution in [1.82, 2.24) is 9.88 Å². The van der Waals surface area contributed by atoms with Crippen molar-refractivity contribution in [1.29, 1.82) is 0 Å². The zero-order chi connectivity index (χ0) is 15.5. The monoisotopic (exact) mass is 319 g/mol. The second-order valence-electron chi connectivity index (χ2n) is 5.59. The fraction of sp³-hybridized carbons (Fsp3) is 0.375. The van der Waals surface area contributed by atoms with E-state index in [2.05, 4.69) is 15.2 Å². The third-order valence-electron chi connectivity index (χ3n) is 3.56. The van der Waals surface area contributed by atoms with Gasteiger partial charge in [-0.25, -0.2) is 9.37 Å². The van der Waals surface area contributed by atoms with Crippen molar-refractivity contribution in [3.8, 4) is 0 Å². The Hall–Kier alpha value is -1.79. The van der Waals surface area contributed by atoms with Gasteiger partial charge in [-0.1, -0.05) is 12.1 Å². The Balaban J connectivity index is 1.65. The molecule has 0 bridgehead atoms. The zero-order valence-corrected chi connectivity index (χ0v) is 13.2. The van der Waals surface area contributed by atoms with Gasteiger partial charge in [0.05, 0.1) is 5.69 Å². The number of hydrogen-bond acceptors (Lipinski definition) is 4. The maximum absolute atomic E-state index is 13.0. The van der Waals surface area contributed by atoms with Crippen molar-refractivity contribution in [2.45, 2.75) is 38.9 Å². The summed E-state index contributed by atoms with van der Waals surface area (Å²) in [6.07, 6.45) is 2.40. The summed E-state index contributed by atoms with van der Waals surface area (Å²) >= 11 is 1.44. The van der Waals surface area contributed by atoms with Gasteiger partial charge < -0.3 is 5.32 Å². The summed E-state index contributed by atoms with van der Waals surface area (Å²) in [5.41, 5.74) is 2.06.